The maximum Gasteiger partial charge on any atom is 0.416 e. The quantitative estimate of drug-likeness (QED) is 0.790. The molecule has 0 amide bonds. The summed E-state index contributed by atoms with van der Waals surface area (Å²) in [6.45, 7) is 1.20. The van der Waals surface area contributed by atoms with Crippen molar-refractivity contribution in [2.45, 2.75) is 13.1 Å². The molecular weight excluding hydrogens is 279 g/mol. The van der Waals surface area contributed by atoms with Gasteiger partial charge in [0, 0.05) is 6.92 Å². The molecule has 0 N–H and O–H groups in total. The van der Waals surface area contributed by atoms with E-state index in [-0.39, 0.29) is 5.88 Å². The minimum absolute atomic E-state index is 0.0248. The van der Waals surface area contributed by atoms with Crippen LogP contribution in [0.5, 0.6) is 5.88 Å². The molecule has 1 aromatic carbocycles. The Morgan fingerprint density at radius 1 is 1.37 bits per heavy atom. The first-order chi connectivity index (χ1) is 8.88. The molecule has 0 spiro atoms. The lowest BCUT2D eigenvalue weighted by molar-refractivity contribution is -0.137. The third kappa shape index (κ3) is 3.11. The number of hydrogen-bond acceptors (Lipinski definition) is 4. The smallest absolute Gasteiger partial charge is 0.406 e. The van der Waals surface area contributed by atoms with Crippen LogP contribution in [0, 0.1) is 0 Å². The van der Waals surface area contributed by atoms with Crippen molar-refractivity contribution >= 4 is 17.3 Å². The van der Waals surface area contributed by atoms with Crippen LogP contribution in [-0.4, -0.2) is 11.0 Å². The molecule has 0 unspecified atom stereocenters. The van der Waals surface area contributed by atoms with Crippen molar-refractivity contribution in [2.24, 2.45) is 0 Å². The van der Waals surface area contributed by atoms with E-state index in [0.717, 1.165) is 23.5 Å². The number of nitrogens with zero attached hydrogens (tertiary/aromatic N) is 1. The first kappa shape index (κ1) is 13.5. The van der Waals surface area contributed by atoms with Crippen LogP contribution in [0.4, 0.5) is 13.2 Å². The molecule has 1 heterocycles. The molecule has 19 heavy (non-hydrogen) atoms. The largest absolute Gasteiger partial charge is 0.416 e. The molecule has 0 aliphatic rings. The summed E-state index contributed by atoms with van der Waals surface area (Å²) in [5.74, 6) is -0.545. The highest BCUT2D eigenvalue weighted by atomic mass is 32.1. The number of hydrogen-bond donors (Lipinski definition) is 0. The van der Waals surface area contributed by atoms with Gasteiger partial charge in [0.15, 0.2) is 0 Å². The average molecular weight is 287 g/mol. The van der Waals surface area contributed by atoms with Gasteiger partial charge in [-0.3, -0.25) is 4.79 Å². The lowest BCUT2D eigenvalue weighted by Crippen LogP contribution is -2.05. The number of ether oxygens (including phenoxy) is 1. The number of esters is 1. The van der Waals surface area contributed by atoms with Crippen molar-refractivity contribution in [3.8, 4) is 16.3 Å². The first-order valence-electron chi connectivity index (χ1n) is 5.17. The molecule has 0 atom stereocenters. The molecule has 2 aromatic rings. The molecule has 0 radical (unpaired) electrons. The molecule has 3 nitrogen and oxygen atoms in total. The van der Waals surface area contributed by atoms with E-state index in [4.69, 9.17) is 4.74 Å². The zero-order valence-corrected chi connectivity index (χ0v) is 10.5. The summed E-state index contributed by atoms with van der Waals surface area (Å²) in [7, 11) is 0. The predicted molar refractivity (Wildman–Crippen MR) is 63.9 cm³/mol. The maximum absolute atomic E-state index is 12.6. The Hall–Kier alpha value is -1.89. The second kappa shape index (κ2) is 5.00. The highest BCUT2D eigenvalue weighted by Crippen LogP contribution is 2.37. The Morgan fingerprint density at radius 2 is 2.11 bits per heavy atom. The fraction of sp³-hybridized carbons (Fsp3) is 0.167. The third-order valence-corrected chi connectivity index (χ3v) is 3.08. The van der Waals surface area contributed by atoms with Gasteiger partial charge in [0.25, 0.3) is 0 Å². The monoisotopic (exact) mass is 287 g/mol. The van der Waals surface area contributed by atoms with E-state index < -0.39 is 17.7 Å². The maximum atomic E-state index is 12.6. The summed E-state index contributed by atoms with van der Waals surface area (Å²) < 4.78 is 42.7. The van der Waals surface area contributed by atoms with Crippen molar-refractivity contribution in [1.82, 2.24) is 4.98 Å². The van der Waals surface area contributed by atoms with Gasteiger partial charge in [-0.05, 0) is 17.7 Å². The molecular formula is C12H8F3NO2S. The van der Waals surface area contributed by atoms with E-state index in [1.165, 1.54) is 24.6 Å². The number of alkyl halides is 3. The normalized spacial score (nSPS) is 11.4. The van der Waals surface area contributed by atoms with Gasteiger partial charge in [0.1, 0.15) is 0 Å². The van der Waals surface area contributed by atoms with Gasteiger partial charge in [-0.15, -0.1) is 11.3 Å². The van der Waals surface area contributed by atoms with Crippen LogP contribution in [0.3, 0.4) is 0 Å². The van der Waals surface area contributed by atoms with Gasteiger partial charge < -0.3 is 4.74 Å². The second-order valence-corrected chi connectivity index (χ2v) is 4.51. The first-order valence-corrected chi connectivity index (χ1v) is 6.05. The van der Waals surface area contributed by atoms with Crippen LogP contribution in [0.25, 0.3) is 10.4 Å². The molecule has 0 fully saturated rings. The number of rotatable bonds is 2. The van der Waals surface area contributed by atoms with Gasteiger partial charge in [0.2, 0.25) is 5.88 Å². The zero-order valence-electron chi connectivity index (χ0n) is 9.69. The Balaban J connectivity index is 2.42. The van der Waals surface area contributed by atoms with E-state index in [1.54, 1.807) is 0 Å². The molecule has 0 bridgehead atoms. The van der Waals surface area contributed by atoms with E-state index in [0.29, 0.717) is 10.4 Å². The summed E-state index contributed by atoms with van der Waals surface area (Å²) in [4.78, 5) is 15.1. The van der Waals surface area contributed by atoms with Gasteiger partial charge in [-0.2, -0.15) is 13.2 Å². The van der Waals surface area contributed by atoms with Crippen LogP contribution in [0.15, 0.2) is 29.8 Å². The van der Waals surface area contributed by atoms with Gasteiger partial charge in [-0.1, -0.05) is 12.1 Å². The molecule has 1 aromatic heterocycles. The lowest BCUT2D eigenvalue weighted by Gasteiger charge is -2.08. The zero-order chi connectivity index (χ0) is 14.0. The topological polar surface area (TPSA) is 39.2 Å². The van der Waals surface area contributed by atoms with Gasteiger partial charge >= 0.3 is 12.1 Å². The molecule has 7 heteroatoms. The molecule has 100 valence electrons. The molecule has 0 saturated carbocycles. The second-order valence-electron chi connectivity index (χ2n) is 3.66. The minimum atomic E-state index is -4.41. The molecule has 0 saturated heterocycles. The third-order valence-electron chi connectivity index (χ3n) is 2.23. The van der Waals surface area contributed by atoms with Crippen LogP contribution in [0.1, 0.15) is 12.5 Å². The average Bonchev–Trinajstić information content (AvgIpc) is 2.75. The number of aromatic nitrogens is 1. The van der Waals surface area contributed by atoms with E-state index in [9.17, 15) is 18.0 Å². The van der Waals surface area contributed by atoms with Crippen LogP contribution in [0.2, 0.25) is 0 Å². The van der Waals surface area contributed by atoms with Crippen molar-refractivity contribution in [3.05, 3.63) is 35.3 Å². The highest BCUT2D eigenvalue weighted by Gasteiger charge is 2.30. The molecule has 0 aliphatic heterocycles. The Kier molecular flexibility index (Phi) is 3.57. The molecule has 2 rings (SSSR count). The Bertz CT molecular complexity index is 607. The van der Waals surface area contributed by atoms with Crippen LogP contribution < -0.4 is 4.74 Å². The van der Waals surface area contributed by atoms with Gasteiger partial charge in [0.05, 0.1) is 16.0 Å². The summed E-state index contributed by atoms with van der Waals surface area (Å²) in [6.07, 6.45) is -4.41. The number of halogens is 3. The van der Waals surface area contributed by atoms with E-state index >= 15 is 0 Å². The minimum Gasteiger partial charge on any atom is -0.406 e. The summed E-state index contributed by atoms with van der Waals surface area (Å²) >= 11 is 1.11. The summed E-state index contributed by atoms with van der Waals surface area (Å²) in [6, 6.07) is 4.79. The van der Waals surface area contributed by atoms with Crippen molar-refractivity contribution < 1.29 is 22.7 Å². The van der Waals surface area contributed by atoms with E-state index in [2.05, 4.69) is 4.98 Å². The van der Waals surface area contributed by atoms with E-state index in [1.807, 2.05) is 0 Å². The molecule has 0 aliphatic carbocycles. The number of carbonyl (C=O) groups excluding carboxylic acids is 1. The standard InChI is InChI=1S/C12H8F3NO2S/c1-7(17)18-11-10(19-6-16-11)8-3-2-4-9(5-8)12(13,14)15/h2-6H,1H3. The predicted octanol–water partition coefficient (Wildman–Crippen LogP) is 3.75. The van der Waals surface area contributed by atoms with Gasteiger partial charge in [-0.25, -0.2) is 4.98 Å². The Labute approximate surface area is 110 Å². The van der Waals surface area contributed by atoms with Crippen molar-refractivity contribution in [3.63, 3.8) is 0 Å². The number of carbonyl (C=O) groups is 1. The van der Waals surface area contributed by atoms with Crippen molar-refractivity contribution in [2.75, 3.05) is 0 Å². The Morgan fingerprint density at radius 3 is 2.74 bits per heavy atom. The number of benzene rings is 1. The SMILES string of the molecule is CC(=O)Oc1ncsc1-c1cccc(C(F)(F)F)c1. The van der Waals surface area contributed by atoms with Crippen molar-refractivity contribution in [1.29, 1.82) is 0 Å². The fourth-order valence-corrected chi connectivity index (χ4v) is 2.19. The van der Waals surface area contributed by atoms with Crippen LogP contribution >= 0.6 is 11.3 Å². The number of thiazole rings is 1. The highest BCUT2D eigenvalue weighted by molar-refractivity contribution is 7.13. The summed E-state index contributed by atoms with van der Waals surface area (Å²) in [5.41, 5.74) is 0.967. The summed E-state index contributed by atoms with van der Waals surface area (Å²) in [5, 5.41) is 0. The van der Waals surface area contributed by atoms with Crippen LogP contribution in [-0.2, 0) is 11.0 Å². The fourth-order valence-electron chi connectivity index (χ4n) is 1.47. The lowest BCUT2D eigenvalue weighted by atomic mass is 10.1.